The number of anilines is 2. The maximum Gasteiger partial charge on any atom is 0.0612 e. The Kier molecular flexibility index (Phi) is 5.16. The molecular weight excluding hydrogens is 291 g/mol. The first-order valence-electron chi connectivity index (χ1n) is 6.56. The van der Waals surface area contributed by atoms with Gasteiger partial charge in [-0.2, -0.15) is 0 Å². The predicted octanol–water partition coefficient (Wildman–Crippen LogP) is 5.13. The highest BCUT2D eigenvalue weighted by molar-refractivity contribution is 6.42. The van der Waals surface area contributed by atoms with Gasteiger partial charge < -0.3 is 10.6 Å². The van der Waals surface area contributed by atoms with Crippen molar-refractivity contribution in [2.45, 2.75) is 13.8 Å². The molecular formula is C16H18Cl2N2. The van der Waals surface area contributed by atoms with Gasteiger partial charge in [-0.25, -0.2) is 0 Å². The van der Waals surface area contributed by atoms with E-state index < -0.39 is 0 Å². The van der Waals surface area contributed by atoms with Crippen LogP contribution in [0.4, 0.5) is 11.4 Å². The molecule has 2 aromatic rings. The summed E-state index contributed by atoms with van der Waals surface area (Å²) in [5, 5.41) is 7.87. The minimum Gasteiger partial charge on any atom is -0.383 e. The highest BCUT2D eigenvalue weighted by Gasteiger charge is 2.00. The van der Waals surface area contributed by atoms with Gasteiger partial charge in [0.05, 0.1) is 10.0 Å². The molecule has 0 spiro atoms. The van der Waals surface area contributed by atoms with Gasteiger partial charge in [0.25, 0.3) is 0 Å². The van der Waals surface area contributed by atoms with Crippen LogP contribution in [0.25, 0.3) is 0 Å². The Bertz CT molecular complexity index is 597. The van der Waals surface area contributed by atoms with Crippen LogP contribution in [0.2, 0.25) is 10.0 Å². The Labute approximate surface area is 130 Å². The van der Waals surface area contributed by atoms with Gasteiger partial charge in [-0.3, -0.25) is 0 Å². The lowest BCUT2D eigenvalue weighted by molar-refractivity contribution is 1.07. The molecule has 0 aliphatic rings. The molecule has 0 amide bonds. The molecule has 0 heterocycles. The lowest BCUT2D eigenvalue weighted by atomic mass is 10.1. The molecule has 0 unspecified atom stereocenters. The maximum atomic E-state index is 5.97. The van der Waals surface area contributed by atoms with Crippen molar-refractivity contribution in [2.24, 2.45) is 0 Å². The van der Waals surface area contributed by atoms with Crippen molar-refractivity contribution in [3.05, 3.63) is 57.6 Å². The largest absolute Gasteiger partial charge is 0.383 e. The van der Waals surface area contributed by atoms with Gasteiger partial charge in [-0.1, -0.05) is 40.9 Å². The first-order valence-corrected chi connectivity index (χ1v) is 7.32. The quantitative estimate of drug-likeness (QED) is 0.748. The van der Waals surface area contributed by atoms with Crippen molar-refractivity contribution in [3.8, 4) is 0 Å². The van der Waals surface area contributed by atoms with Crippen LogP contribution < -0.4 is 10.6 Å². The van der Waals surface area contributed by atoms with Gasteiger partial charge in [-0.15, -0.1) is 0 Å². The number of rotatable bonds is 5. The lowest BCUT2D eigenvalue weighted by Crippen LogP contribution is -2.14. The smallest absolute Gasteiger partial charge is 0.0612 e. The molecule has 4 heteroatoms. The number of aryl methyl sites for hydroxylation is 2. The second kappa shape index (κ2) is 6.87. The summed E-state index contributed by atoms with van der Waals surface area (Å²) >= 11 is 11.9. The SMILES string of the molecule is Cc1ccc(NCCNc2ccc(Cl)c(Cl)c2)c(C)c1. The number of hydrogen-bond donors (Lipinski definition) is 2. The molecule has 2 nitrogen and oxygen atoms in total. The van der Waals surface area contributed by atoms with E-state index in [0.29, 0.717) is 10.0 Å². The van der Waals surface area contributed by atoms with E-state index in [1.165, 1.54) is 16.8 Å². The van der Waals surface area contributed by atoms with Gasteiger partial charge in [-0.05, 0) is 43.7 Å². The van der Waals surface area contributed by atoms with E-state index in [9.17, 15) is 0 Å². The molecule has 0 saturated carbocycles. The van der Waals surface area contributed by atoms with Crippen molar-refractivity contribution in [1.82, 2.24) is 0 Å². The average Bonchev–Trinajstić information content (AvgIpc) is 2.40. The second-order valence-electron chi connectivity index (χ2n) is 4.80. The summed E-state index contributed by atoms with van der Waals surface area (Å²) in [7, 11) is 0. The molecule has 0 aliphatic carbocycles. The topological polar surface area (TPSA) is 24.1 Å². The van der Waals surface area contributed by atoms with Crippen LogP contribution in [0.15, 0.2) is 36.4 Å². The molecule has 20 heavy (non-hydrogen) atoms. The fraction of sp³-hybridized carbons (Fsp3) is 0.250. The van der Waals surface area contributed by atoms with E-state index in [1.54, 1.807) is 6.07 Å². The summed E-state index contributed by atoms with van der Waals surface area (Å²) in [6, 6.07) is 12.0. The van der Waals surface area contributed by atoms with Crippen LogP contribution in [0.1, 0.15) is 11.1 Å². The molecule has 2 N–H and O–H groups in total. The van der Waals surface area contributed by atoms with Crippen molar-refractivity contribution < 1.29 is 0 Å². The molecule has 0 saturated heterocycles. The van der Waals surface area contributed by atoms with Gasteiger partial charge in [0.15, 0.2) is 0 Å². The summed E-state index contributed by atoms with van der Waals surface area (Å²) in [6.45, 7) is 5.86. The van der Waals surface area contributed by atoms with Gasteiger partial charge in [0, 0.05) is 24.5 Å². The molecule has 2 aromatic carbocycles. The van der Waals surface area contributed by atoms with Crippen LogP contribution in [0.5, 0.6) is 0 Å². The Hall–Kier alpha value is -1.38. The first kappa shape index (κ1) is 15.0. The summed E-state index contributed by atoms with van der Waals surface area (Å²) in [5.74, 6) is 0. The second-order valence-corrected chi connectivity index (χ2v) is 5.62. The number of halogens is 2. The molecule has 0 bridgehead atoms. The third-order valence-corrected chi connectivity index (χ3v) is 3.81. The Balaban J connectivity index is 1.82. The molecule has 106 valence electrons. The monoisotopic (exact) mass is 308 g/mol. The zero-order valence-electron chi connectivity index (χ0n) is 11.6. The normalized spacial score (nSPS) is 10.4. The van der Waals surface area contributed by atoms with E-state index in [0.717, 1.165) is 18.8 Å². The van der Waals surface area contributed by atoms with Crippen molar-refractivity contribution in [2.75, 3.05) is 23.7 Å². The van der Waals surface area contributed by atoms with Crippen LogP contribution in [0, 0.1) is 13.8 Å². The Morgan fingerprint density at radius 1 is 0.850 bits per heavy atom. The van der Waals surface area contributed by atoms with Crippen LogP contribution >= 0.6 is 23.2 Å². The molecule has 0 aromatic heterocycles. The van der Waals surface area contributed by atoms with Crippen molar-refractivity contribution in [1.29, 1.82) is 0 Å². The number of hydrogen-bond acceptors (Lipinski definition) is 2. The van der Waals surface area contributed by atoms with E-state index in [2.05, 4.69) is 42.7 Å². The zero-order chi connectivity index (χ0) is 14.5. The summed E-state index contributed by atoms with van der Waals surface area (Å²) in [4.78, 5) is 0. The van der Waals surface area contributed by atoms with Crippen molar-refractivity contribution in [3.63, 3.8) is 0 Å². The van der Waals surface area contributed by atoms with Gasteiger partial charge in [0.2, 0.25) is 0 Å². The lowest BCUT2D eigenvalue weighted by Gasteiger charge is -2.12. The van der Waals surface area contributed by atoms with Gasteiger partial charge >= 0.3 is 0 Å². The molecule has 0 aliphatic heterocycles. The van der Waals surface area contributed by atoms with E-state index >= 15 is 0 Å². The Morgan fingerprint density at radius 3 is 2.30 bits per heavy atom. The average molecular weight is 309 g/mol. The minimum absolute atomic E-state index is 0.569. The first-order chi connectivity index (χ1) is 9.56. The summed E-state index contributed by atoms with van der Waals surface area (Å²) in [5.41, 5.74) is 4.69. The highest BCUT2D eigenvalue weighted by atomic mass is 35.5. The fourth-order valence-corrected chi connectivity index (χ4v) is 2.32. The van der Waals surface area contributed by atoms with Crippen LogP contribution in [-0.4, -0.2) is 13.1 Å². The summed E-state index contributed by atoms with van der Waals surface area (Å²) in [6.07, 6.45) is 0. The van der Waals surface area contributed by atoms with E-state index in [-0.39, 0.29) is 0 Å². The predicted molar refractivity (Wildman–Crippen MR) is 89.4 cm³/mol. The molecule has 0 fully saturated rings. The third-order valence-electron chi connectivity index (χ3n) is 3.07. The summed E-state index contributed by atoms with van der Waals surface area (Å²) < 4.78 is 0. The van der Waals surface area contributed by atoms with Gasteiger partial charge in [0.1, 0.15) is 0 Å². The minimum atomic E-state index is 0.569. The highest BCUT2D eigenvalue weighted by Crippen LogP contribution is 2.24. The zero-order valence-corrected chi connectivity index (χ0v) is 13.1. The number of benzene rings is 2. The molecule has 0 radical (unpaired) electrons. The van der Waals surface area contributed by atoms with E-state index in [4.69, 9.17) is 23.2 Å². The third kappa shape index (κ3) is 4.06. The van der Waals surface area contributed by atoms with Crippen LogP contribution in [-0.2, 0) is 0 Å². The molecule has 0 atom stereocenters. The van der Waals surface area contributed by atoms with Crippen LogP contribution in [0.3, 0.4) is 0 Å². The maximum absolute atomic E-state index is 5.97. The number of nitrogens with one attached hydrogen (secondary N) is 2. The standard InChI is InChI=1S/C16H18Cl2N2/c1-11-3-6-16(12(2)9-11)20-8-7-19-13-4-5-14(17)15(18)10-13/h3-6,9-10,19-20H,7-8H2,1-2H3. The Morgan fingerprint density at radius 2 is 1.60 bits per heavy atom. The fourth-order valence-electron chi connectivity index (χ4n) is 2.02. The molecule has 2 rings (SSSR count). The van der Waals surface area contributed by atoms with Crippen molar-refractivity contribution >= 4 is 34.6 Å². The van der Waals surface area contributed by atoms with E-state index in [1.807, 2.05) is 12.1 Å².